The minimum absolute atomic E-state index is 0.0926. The van der Waals surface area contributed by atoms with Gasteiger partial charge < -0.3 is 10.2 Å². The van der Waals surface area contributed by atoms with Gasteiger partial charge in [-0.15, -0.1) is 5.10 Å². The maximum absolute atomic E-state index is 11.8. The van der Waals surface area contributed by atoms with E-state index in [1.54, 1.807) is 18.2 Å². The molecule has 1 aromatic heterocycles. The van der Waals surface area contributed by atoms with E-state index in [0.717, 1.165) is 12.8 Å². The number of nitrogen functional groups attached to an aromatic ring is 1. The Morgan fingerprint density at radius 1 is 1.50 bits per heavy atom. The monoisotopic (exact) mass is 265 g/mol. The highest BCUT2D eigenvalue weighted by molar-refractivity contribution is 6.32. The van der Waals surface area contributed by atoms with Crippen LogP contribution in [0.4, 0.5) is 5.69 Å². The molecule has 0 bridgehead atoms. The molecule has 94 valence electrons. The fraction of sp³-hybridized carbons (Fsp3) is 0.333. The Bertz CT molecular complexity index is 670. The SMILES string of the molecule is CC1(c2nn(-c3ccc(N)cc3Cl)c(=O)o2)CC1. The Labute approximate surface area is 108 Å². The number of aromatic nitrogens is 2. The molecule has 1 heterocycles. The van der Waals surface area contributed by atoms with E-state index in [1.165, 1.54) is 4.68 Å². The summed E-state index contributed by atoms with van der Waals surface area (Å²) >= 11 is 6.05. The van der Waals surface area contributed by atoms with Gasteiger partial charge in [0, 0.05) is 11.1 Å². The number of benzene rings is 1. The molecule has 1 fully saturated rings. The van der Waals surface area contributed by atoms with Crippen molar-refractivity contribution in [1.29, 1.82) is 0 Å². The van der Waals surface area contributed by atoms with Crippen LogP contribution in [-0.2, 0) is 5.41 Å². The Hall–Kier alpha value is -1.75. The van der Waals surface area contributed by atoms with E-state index in [1.807, 2.05) is 6.92 Å². The van der Waals surface area contributed by atoms with Gasteiger partial charge in [-0.1, -0.05) is 18.5 Å². The zero-order valence-corrected chi connectivity index (χ0v) is 10.6. The van der Waals surface area contributed by atoms with Crippen LogP contribution in [0.1, 0.15) is 25.7 Å². The second-order valence-electron chi connectivity index (χ2n) is 4.86. The quantitative estimate of drug-likeness (QED) is 0.844. The second-order valence-corrected chi connectivity index (χ2v) is 5.26. The Balaban J connectivity index is 2.12. The van der Waals surface area contributed by atoms with Crippen molar-refractivity contribution in [2.24, 2.45) is 0 Å². The lowest BCUT2D eigenvalue weighted by atomic mass is 10.1. The van der Waals surface area contributed by atoms with Crippen LogP contribution in [0.15, 0.2) is 27.4 Å². The summed E-state index contributed by atoms with van der Waals surface area (Å²) < 4.78 is 6.37. The Morgan fingerprint density at radius 2 is 2.22 bits per heavy atom. The molecule has 0 unspecified atom stereocenters. The molecule has 5 nitrogen and oxygen atoms in total. The van der Waals surface area contributed by atoms with Crippen LogP contribution in [0.5, 0.6) is 0 Å². The van der Waals surface area contributed by atoms with E-state index in [4.69, 9.17) is 21.8 Å². The van der Waals surface area contributed by atoms with E-state index < -0.39 is 5.76 Å². The Morgan fingerprint density at radius 3 is 2.83 bits per heavy atom. The van der Waals surface area contributed by atoms with Gasteiger partial charge in [-0.2, -0.15) is 4.68 Å². The highest BCUT2D eigenvalue weighted by Crippen LogP contribution is 2.46. The average Bonchev–Trinajstić information content (AvgIpc) is 2.93. The van der Waals surface area contributed by atoms with Crippen molar-refractivity contribution in [3.63, 3.8) is 0 Å². The normalized spacial score (nSPS) is 16.8. The lowest BCUT2D eigenvalue weighted by molar-refractivity contribution is 0.423. The molecular weight excluding hydrogens is 254 g/mol. The van der Waals surface area contributed by atoms with Crippen molar-refractivity contribution in [3.05, 3.63) is 39.7 Å². The van der Waals surface area contributed by atoms with Crippen molar-refractivity contribution < 1.29 is 4.42 Å². The van der Waals surface area contributed by atoms with Gasteiger partial charge in [-0.25, -0.2) is 4.79 Å². The lowest BCUT2D eigenvalue weighted by Gasteiger charge is -2.03. The average molecular weight is 266 g/mol. The molecule has 1 aliphatic carbocycles. The summed E-state index contributed by atoms with van der Waals surface area (Å²) in [5.41, 5.74) is 6.54. The molecule has 18 heavy (non-hydrogen) atoms. The topological polar surface area (TPSA) is 74.1 Å². The van der Waals surface area contributed by atoms with Crippen molar-refractivity contribution in [2.45, 2.75) is 25.2 Å². The van der Waals surface area contributed by atoms with Crippen LogP contribution >= 0.6 is 11.6 Å². The molecule has 3 rings (SSSR count). The maximum Gasteiger partial charge on any atom is 0.442 e. The van der Waals surface area contributed by atoms with Gasteiger partial charge in [-0.3, -0.25) is 0 Å². The van der Waals surface area contributed by atoms with Crippen molar-refractivity contribution in [3.8, 4) is 5.69 Å². The lowest BCUT2D eigenvalue weighted by Crippen LogP contribution is -2.14. The predicted molar refractivity (Wildman–Crippen MR) is 68.1 cm³/mol. The number of nitrogens with zero attached hydrogens (tertiary/aromatic N) is 2. The van der Waals surface area contributed by atoms with Crippen LogP contribution in [-0.4, -0.2) is 9.78 Å². The van der Waals surface area contributed by atoms with E-state index in [0.29, 0.717) is 22.3 Å². The molecule has 0 atom stereocenters. The zero-order chi connectivity index (χ0) is 12.9. The van der Waals surface area contributed by atoms with Crippen molar-refractivity contribution in [2.75, 3.05) is 5.73 Å². The van der Waals surface area contributed by atoms with E-state index in [-0.39, 0.29) is 5.41 Å². The number of anilines is 1. The van der Waals surface area contributed by atoms with Crippen LogP contribution in [0, 0.1) is 0 Å². The van der Waals surface area contributed by atoms with Crippen molar-refractivity contribution >= 4 is 17.3 Å². The van der Waals surface area contributed by atoms with Gasteiger partial charge in [0.2, 0.25) is 5.89 Å². The number of halogens is 1. The standard InChI is InChI=1S/C12H12ClN3O2/c1-12(4-5-12)10-15-16(11(17)18-10)9-3-2-7(14)6-8(9)13/h2-3,6H,4-5,14H2,1H3. The number of nitrogens with two attached hydrogens (primary N) is 1. The fourth-order valence-corrected chi connectivity index (χ4v) is 2.04. The first kappa shape index (κ1) is 11.3. The zero-order valence-electron chi connectivity index (χ0n) is 9.81. The molecule has 1 aromatic carbocycles. The summed E-state index contributed by atoms with van der Waals surface area (Å²) in [7, 11) is 0. The highest BCUT2D eigenvalue weighted by Gasteiger charge is 2.44. The molecule has 6 heteroatoms. The van der Waals surface area contributed by atoms with Crippen LogP contribution in [0.2, 0.25) is 5.02 Å². The van der Waals surface area contributed by atoms with Gasteiger partial charge in [0.15, 0.2) is 0 Å². The van der Waals surface area contributed by atoms with Crippen LogP contribution in [0.25, 0.3) is 5.69 Å². The molecule has 0 spiro atoms. The first-order valence-electron chi connectivity index (χ1n) is 5.66. The highest BCUT2D eigenvalue weighted by atomic mass is 35.5. The molecule has 1 aliphatic rings. The Kier molecular flexibility index (Phi) is 2.28. The summed E-state index contributed by atoms with van der Waals surface area (Å²) in [5.74, 6) is -0.0508. The van der Waals surface area contributed by atoms with E-state index in [9.17, 15) is 4.79 Å². The summed E-state index contributed by atoms with van der Waals surface area (Å²) in [5, 5.41) is 4.59. The molecule has 2 N–H and O–H groups in total. The minimum atomic E-state index is -0.523. The third-order valence-electron chi connectivity index (χ3n) is 3.26. The molecule has 0 aliphatic heterocycles. The van der Waals surface area contributed by atoms with Gasteiger partial charge in [0.1, 0.15) is 0 Å². The second kappa shape index (κ2) is 3.62. The van der Waals surface area contributed by atoms with Gasteiger partial charge in [0.25, 0.3) is 0 Å². The van der Waals surface area contributed by atoms with E-state index in [2.05, 4.69) is 5.10 Å². The fourth-order valence-electron chi connectivity index (χ4n) is 1.77. The summed E-state index contributed by atoms with van der Waals surface area (Å²) in [6, 6.07) is 4.90. The number of hydrogen-bond acceptors (Lipinski definition) is 4. The minimum Gasteiger partial charge on any atom is -0.399 e. The van der Waals surface area contributed by atoms with E-state index >= 15 is 0 Å². The molecule has 0 amide bonds. The van der Waals surface area contributed by atoms with Gasteiger partial charge in [0.05, 0.1) is 10.7 Å². The third kappa shape index (κ3) is 1.71. The molecule has 0 radical (unpaired) electrons. The van der Waals surface area contributed by atoms with Crippen molar-refractivity contribution in [1.82, 2.24) is 9.78 Å². The molecular formula is C12H12ClN3O2. The first-order valence-corrected chi connectivity index (χ1v) is 6.03. The smallest absolute Gasteiger partial charge is 0.399 e. The number of hydrogen-bond donors (Lipinski definition) is 1. The first-order chi connectivity index (χ1) is 8.49. The molecule has 1 saturated carbocycles. The van der Waals surface area contributed by atoms with Gasteiger partial charge in [-0.05, 0) is 31.0 Å². The summed E-state index contributed by atoms with van der Waals surface area (Å²) in [6.07, 6.45) is 1.98. The van der Waals surface area contributed by atoms with Crippen LogP contribution in [0.3, 0.4) is 0 Å². The predicted octanol–water partition coefficient (Wildman–Crippen LogP) is 2.11. The van der Waals surface area contributed by atoms with Crippen LogP contribution < -0.4 is 11.5 Å². The van der Waals surface area contributed by atoms with Gasteiger partial charge >= 0.3 is 5.76 Å². The maximum atomic E-state index is 11.8. The number of rotatable bonds is 2. The third-order valence-corrected chi connectivity index (χ3v) is 3.57. The molecule has 0 saturated heterocycles. The molecule has 2 aromatic rings. The largest absolute Gasteiger partial charge is 0.442 e. The summed E-state index contributed by atoms with van der Waals surface area (Å²) in [4.78, 5) is 11.8. The summed E-state index contributed by atoms with van der Waals surface area (Å²) in [6.45, 7) is 2.02.